The van der Waals surface area contributed by atoms with Gasteiger partial charge in [0.05, 0.1) is 5.92 Å². The van der Waals surface area contributed by atoms with Crippen LogP contribution in [0.3, 0.4) is 0 Å². The largest absolute Gasteiger partial charge is 0.481 e. The van der Waals surface area contributed by atoms with Crippen LogP contribution in [0, 0.1) is 11.3 Å². The zero-order valence-corrected chi connectivity index (χ0v) is 8.32. The second-order valence-electron chi connectivity index (χ2n) is 4.55. The maximum atomic E-state index is 11.2. The first-order chi connectivity index (χ1) is 6.56. The molecule has 1 N–H and O–H groups in total. The fraction of sp³-hybridized carbons (Fsp3) is 0.800. The average Bonchev–Trinajstić information content (AvgIpc) is 1.98. The summed E-state index contributed by atoms with van der Waals surface area (Å²) in [5.41, 5.74) is 0.174. The number of carboxylic acid groups (broad SMARTS) is 1. The molecule has 4 nitrogen and oxygen atoms in total. The van der Waals surface area contributed by atoms with Crippen LogP contribution in [0.4, 0.5) is 0 Å². The van der Waals surface area contributed by atoms with E-state index in [1.807, 2.05) is 11.8 Å². The number of likely N-dealkylation sites (tertiary alicyclic amines) is 1. The van der Waals surface area contributed by atoms with Gasteiger partial charge in [0, 0.05) is 24.9 Å². The average molecular weight is 197 g/mol. The Morgan fingerprint density at radius 2 is 2.00 bits per heavy atom. The highest BCUT2D eigenvalue weighted by atomic mass is 16.4. The predicted octanol–water partition coefficient (Wildman–Crippen LogP) is 0.720. The van der Waals surface area contributed by atoms with E-state index in [2.05, 4.69) is 0 Å². The molecular formula is C10H15NO3. The maximum Gasteiger partial charge on any atom is 0.306 e. The van der Waals surface area contributed by atoms with Crippen LogP contribution in [0.25, 0.3) is 0 Å². The summed E-state index contributed by atoms with van der Waals surface area (Å²) in [6, 6.07) is 0. The van der Waals surface area contributed by atoms with E-state index < -0.39 is 5.97 Å². The predicted molar refractivity (Wildman–Crippen MR) is 49.7 cm³/mol. The Balaban J connectivity index is 1.79. The molecule has 2 rings (SSSR count). The maximum absolute atomic E-state index is 11.2. The number of hydrogen-bond acceptors (Lipinski definition) is 2. The van der Waals surface area contributed by atoms with Crippen LogP contribution in [0.5, 0.6) is 0 Å². The highest BCUT2D eigenvalue weighted by Gasteiger charge is 2.55. The summed E-state index contributed by atoms with van der Waals surface area (Å²) < 4.78 is 0. The van der Waals surface area contributed by atoms with Crippen LogP contribution >= 0.6 is 0 Å². The van der Waals surface area contributed by atoms with Gasteiger partial charge >= 0.3 is 5.97 Å². The van der Waals surface area contributed by atoms with Gasteiger partial charge in [0.25, 0.3) is 0 Å². The molecule has 1 saturated heterocycles. The van der Waals surface area contributed by atoms with E-state index in [0.29, 0.717) is 6.42 Å². The van der Waals surface area contributed by atoms with Gasteiger partial charge in [-0.2, -0.15) is 0 Å². The monoisotopic (exact) mass is 197 g/mol. The standard InChI is InChI=1S/C10H15NO3/c1-2-8(12)11-5-10(6-11)3-7(4-10)9(13)14/h7H,2-6H2,1H3,(H,13,14). The number of nitrogens with zero attached hydrogens (tertiary/aromatic N) is 1. The zero-order valence-electron chi connectivity index (χ0n) is 8.32. The molecule has 0 radical (unpaired) electrons. The highest BCUT2D eigenvalue weighted by Crippen LogP contribution is 2.51. The van der Waals surface area contributed by atoms with Crippen molar-refractivity contribution in [1.29, 1.82) is 0 Å². The number of carbonyl (C=O) groups excluding carboxylic acids is 1. The van der Waals surface area contributed by atoms with Gasteiger partial charge in [0.2, 0.25) is 5.91 Å². The molecule has 2 aliphatic rings. The molecule has 0 aromatic heterocycles. The molecule has 78 valence electrons. The molecule has 0 aromatic carbocycles. The Morgan fingerprint density at radius 3 is 2.43 bits per heavy atom. The number of aliphatic carboxylic acids is 1. The van der Waals surface area contributed by atoms with E-state index >= 15 is 0 Å². The lowest BCUT2D eigenvalue weighted by Crippen LogP contribution is -2.64. The number of rotatable bonds is 2. The van der Waals surface area contributed by atoms with E-state index in [1.54, 1.807) is 0 Å². The number of amides is 1. The van der Waals surface area contributed by atoms with E-state index in [4.69, 9.17) is 5.11 Å². The minimum atomic E-state index is -0.684. The summed E-state index contributed by atoms with van der Waals surface area (Å²) in [6.07, 6.45) is 2.07. The first kappa shape index (κ1) is 9.49. The SMILES string of the molecule is CCC(=O)N1CC2(CC(C(=O)O)C2)C1. The van der Waals surface area contributed by atoms with Gasteiger partial charge in [0.1, 0.15) is 0 Å². The van der Waals surface area contributed by atoms with Gasteiger partial charge < -0.3 is 10.0 Å². The molecule has 1 spiro atoms. The summed E-state index contributed by atoms with van der Waals surface area (Å²) in [6.45, 7) is 3.42. The Labute approximate surface area is 82.9 Å². The molecule has 0 atom stereocenters. The number of carbonyl (C=O) groups is 2. The van der Waals surface area contributed by atoms with Crippen molar-refractivity contribution < 1.29 is 14.7 Å². The molecule has 0 bridgehead atoms. The fourth-order valence-corrected chi connectivity index (χ4v) is 2.58. The van der Waals surface area contributed by atoms with Gasteiger partial charge in [-0.1, -0.05) is 6.92 Å². The molecule has 0 unspecified atom stereocenters. The molecule has 0 aromatic rings. The highest BCUT2D eigenvalue weighted by molar-refractivity contribution is 5.77. The molecule has 2 fully saturated rings. The summed E-state index contributed by atoms with van der Waals surface area (Å²) in [5, 5.41) is 8.73. The van der Waals surface area contributed by atoms with Gasteiger partial charge in [-0.05, 0) is 12.8 Å². The van der Waals surface area contributed by atoms with Crippen molar-refractivity contribution in [3.05, 3.63) is 0 Å². The zero-order chi connectivity index (χ0) is 10.3. The normalized spacial score (nSPS) is 24.2. The van der Waals surface area contributed by atoms with Crippen LogP contribution in [0.2, 0.25) is 0 Å². The summed E-state index contributed by atoms with van der Waals surface area (Å²) >= 11 is 0. The van der Waals surface area contributed by atoms with E-state index in [1.165, 1.54) is 0 Å². The third-order valence-electron chi connectivity index (χ3n) is 3.42. The molecule has 1 aliphatic carbocycles. The third-order valence-corrected chi connectivity index (χ3v) is 3.42. The molecule has 1 aliphatic heterocycles. The minimum Gasteiger partial charge on any atom is -0.481 e. The molecular weight excluding hydrogens is 182 g/mol. The second kappa shape index (κ2) is 2.97. The van der Waals surface area contributed by atoms with Crippen molar-refractivity contribution in [3.8, 4) is 0 Å². The van der Waals surface area contributed by atoms with Crippen molar-refractivity contribution >= 4 is 11.9 Å². The topological polar surface area (TPSA) is 57.6 Å². The summed E-state index contributed by atoms with van der Waals surface area (Å²) in [7, 11) is 0. The minimum absolute atomic E-state index is 0.158. The Morgan fingerprint density at radius 1 is 1.43 bits per heavy atom. The van der Waals surface area contributed by atoms with Crippen LogP contribution < -0.4 is 0 Å². The van der Waals surface area contributed by atoms with Gasteiger partial charge in [-0.15, -0.1) is 0 Å². The molecule has 4 heteroatoms. The fourth-order valence-electron chi connectivity index (χ4n) is 2.58. The van der Waals surface area contributed by atoms with Crippen molar-refractivity contribution in [2.24, 2.45) is 11.3 Å². The Hall–Kier alpha value is -1.06. The quantitative estimate of drug-likeness (QED) is 0.709. The van der Waals surface area contributed by atoms with Crippen LogP contribution in [-0.4, -0.2) is 35.0 Å². The van der Waals surface area contributed by atoms with Gasteiger partial charge in [0.15, 0.2) is 0 Å². The van der Waals surface area contributed by atoms with Crippen molar-refractivity contribution in [1.82, 2.24) is 4.90 Å². The van der Waals surface area contributed by atoms with E-state index in [9.17, 15) is 9.59 Å². The first-order valence-electron chi connectivity index (χ1n) is 5.07. The van der Waals surface area contributed by atoms with Gasteiger partial charge in [-0.3, -0.25) is 9.59 Å². The first-order valence-corrected chi connectivity index (χ1v) is 5.07. The second-order valence-corrected chi connectivity index (χ2v) is 4.55. The smallest absolute Gasteiger partial charge is 0.306 e. The van der Waals surface area contributed by atoms with Crippen LogP contribution in [0.1, 0.15) is 26.2 Å². The third kappa shape index (κ3) is 1.29. The Bertz CT molecular complexity index is 273. The number of hydrogen-bond donors (Lipinski definition) is 1. The van der Waals surface area contributed by atoms with Crippen molar-refractivity contribution in [2.45, 2.75) is 26.2 Å². The van der Waals surface area contributed by atoms with Crippen LogP contribution in [0.15, 0.2) is 0 Å². The van der Waals surface area contributed by atoms with Gasteiger partial charge in [-0.25, -0.2) is 0 Å². The number of carboxylic acids is 1. The van der Waals surface area contributed by atoms with E-state index in [0.717, 1.165) is 25.9 Å². The lowest BCUT2D eigenvalue weighted by Gasteiger charge is -2.58. The summed E-state index contributed by atoms with van der Waals surface area (Å²) in [4.78, 5) is 23.7. The summed E-state index contributed by atoms with van der Waals surface area (Å²) in [5.74, 6) is -0.654. The van der Waals surface area contributed by atoms with Crippen molar-refractivity contribution in [3.63, 3.8) is 0 Å². The molecule has 1 heterocycles. The van der Waals surface area contributed by atoms with E-state index in [-0.39, 0.29) is 17.2 Å². The lowest BCUT2D eigenvalue weighted by atomic mass is 9.57. The molecule has 1 saturated carbocycles. The Kier molecular flexibility index (Phi) is 2.01. The molecule has 14 heavy (non-hydrogen) atoms. The van der Waals surface area contributed by atoms with Crippen molar-refractivity contribution in [2.75, 3.05) is 13.1 Å². The lowest BCUT2D eigenvalue weighted by molar-refractivity contribution is -0.167. The van der Waals surface area contributed by atoms with Crippen LogP contribution in [-0.2, 0) is 9.59 Å². The molecule has 1 amide bonds.